The highest BCUT2D eigenvalue weighted by Crippen LogP contribution is 2.65. The van der Waals surface area contributed by atoms with E-state index in [0.29, 0.717) is 23.5 Å². The molecule has 3 unspecified atom stereocenters. The molecule has 0 radical (unpaired) electrons. The van der Waals surface area contributed by atoms with Crippen molar-refractivity contribution in [1.82, 2.24) is 0 Å². The summed E-state index contributed by atoms with van der Waals surface area (Å²) in [6, 6.07) is 0. The van der Waals surface area contributed by atoms with E-state index in [0.717, 1.165) is 44.4 Å². The summed E-state index contributed by atoms with van der Waals surface area (Å²) < 4.78 is 5.74. The first kappa shape index (κ1) is 16.1. The number of rotatable bonds is 1. The van der Waals surface area contributed by atoms with Crippen LogP contribution in [-0.4, -0.2) is 30.2 Å². The van der Waals surface area contributed by atoms with Crippen LogP contribution in [0.5, 0.6) is 0 Å². The van der Waals surface area contributed by atoms with Crippen molar-refractivity contribution in [2.75, 3.05) is 7.11 Å². The third-order valence-electron chi connectivity index (χ3n) is 8.68. The number of aliphatic hydroxyl groups excluding tert-OH is 1. The molecule has 0 amide bonds. The van der Waals surface area contributed by atoms with Crippen molar-refractivity contribution < 1.29 is 14.6 Å². The Morgan fingerprint density at radius 1 is 1.00 bits per heavy atom. The number of Topliss-reactive ketones (excluding diaryl/α,β-unsaturated/α-hetero) is 1. The zero-order valence-corrected chi connectivity index (χ0v) is 14.9. The molecule has 4 aliphatic rings. The van der Waals surface area contributed by atoms with E-state index in [1.165, 1.54) is 12.8 Å². The number of hydrogen-bond acceptors (Lipinski definition) is 3. The van der Waals surface area contributed by atoms with Crippen LogP contribution >= 0.6 is 0 Å². The van der Waals surface area contributed by atoms with Gasteiger partial charge in [-0.15, -0.1) is 0 Å². The van der Waals surface area contributed by atoms with Crippen LogP contribution in [0.2, 0.25) is 0 Å². The quantitative estimate of drug-likeness (QED) is 0.803. The number of aliphatic hydroxyl groups is 1. The van der Waals surface area contributed by atoms with Crippen molar-refractivity contribution in [1.29, 1.82) is 0 Å². The lowest BCUT2D eigenvalue weighted by atomic mass is 9.44. The van der Waals surface area contributed by atoms with Crippen molar-refractivity contribution in [3.05, 3.63) is 0 Å². The SMILES string of the molecule is CO[C@@H]1C(O)CC[C@]2(C)C1CC[C@@H]1C3CCC(=O)[C@]3(C)CC[C@H]12. The first-order valence-electron chi connectivity index (χ1n) is 9.66. The molecule has 3 nitrogen and oxygen atoms in total. The van der Waals surface area contributed by atoms with Gasteiger partial charge in [-0.2, -0.15) is 0 Å². The third-order valence-corrected chi connectivity index (χ3v) is 8.68. The van der Waals surface area contributed by atoms with Crippen LogP contribution in [0.3, 0.4) is 0 Å². The smallest absolute Gasteiger partial charge is 0.139 e. The highest BCUT2D eigenvalue weighted by molar-refractivity contribution is 5.87. The molecule has 0 aromatic heterocycles. The van der Waals surface area contributed by atoms with Gasteiger partial charge in [0.15, 0.2) is 0 Å². The van der Waals surface area contributed by atoms with Gasteiger partial charge in [0.1, 0.15) is 5.78 Å². The zero-order chi connectivity index (χ0) is 16.4. The van der Waals surface area contributed by atoms with Gasteiger partial charge in [0, 0.05) is 18.9 Å². The van der Waals surface area contributed by atoms with E-state index in [-0.39, 0.29) is 23.0 Å². The second kappa shape index (κ2) is 5.29. The summed E-state index contributed by atoms with van der Waals surface area (Å²) >= 11 is 0. The van der Waals surface area contributed by atoms with Gasteiger partial charge >= 0.3 is 0 Å². The van der Waals surface area contributed by atoms with E-state index in [9.17, 15) is 9.90 Å². The van der Waals surface area contributed by atoms with E-state index in [2.05, 4.69) is 13.8 Å². The molecule has 8 atom stereocenters. The maximum absolute atomic E-state index is 12.5. The number of methoxy groups -OCH3 is 1. The van der Waals surface area contributed by atoms with Crippen LogP contribution in [0.25, 0.3) is 0 Å². The molecule has 130 valence electrons. The molecule has 4 fully saturated rings. The van der Waals surface area contributed by atoms with Crippen molar-refractivity contribution in [2.45, 2.75) is 77.4 Å². The van der Waals surface area contributed by atoms with Crippen molar-refractivity contribution >= 4 is 5.78 Å². The highest BCUT2D eigenvalue weighted by atomic mass is 16.5. The fraction of sp³-hybridized carbons (Fsp3) is 0.950. The van der Waals surface area contributed by atoms with E-state index in [1.54, 1.807) is 7.11 Å². The van der Waals surface area contributed by atoms with Gasteiger partial charge in [-0.3, -0.25) is 4.79 Å². The average molecular weight is 320 g/mol. The van der Waals surface area contributed by atoms with E-state index in [4.69, 9.17) is 4.74 Å². The minimum absolute atomic E-state index is 0.00761. The second-order valence-electron chi connectivity index (χ2n) is 9.29. The predicted molar refractivity (Wildman–Crippen MR) is 88.9 cm³/mol. The van der Waals surface area contributed by atoms with E-state index < -0.39 is 0 Å². The molecule has 0 saturated heterocycles. The number of carbonyl (C=O) groups excluding carboxylic acids is 1. The summed E-state index contributed by atoms with van der Waals surface area (Å²) in [7, 11) is 1.76. The van der Waals surface area contributed by atoms with Gasteiger partial charge in [0.2, 0.25) is 0 Å². The van der Waals surface area contributed by atoms with E-state index in [1.807, 2.05) is 0 Å². The third kappa shape index (κ3) is 2.05. The summed E-state index contributed by atoms with van der Waals surface area (Å²) in [5.41, 5.74) is 0.259. The Balaban J connectivity index is 1.65. The minimum Gasteiger partial charge on any atom is -0.390 e. The monoisotopic (exact) mass is 320 g/mol. The van der Waals surface area contributed by atoms with Gasteiger partial charge in [-0.05, 0) is 74.0 Å². The number of carbonyl (C=O) groups is 1. The molecule has 0 bridgehead atoms. The minimum atomic E-state index is -0.295. The number of ether oxygens (including phenoxy) is 1. The van der Waals surface area contributed by atoms with Crippen LogP contribution in [0.15, 0.2) is 0 Å². The van der Waals surface area contributed by atoms with Crippen LogP contribution in [0.1, 0.15) is 65.2 Å². The van der Waals surface area contributed by atoms with Crippen molar-refractivity contribution in [3.63, 3.8) is 0 Å². The Bertz CT molecular complexity index is 503. The Morgan fingerprint density at radius 2 is 1.78 bits per heavy atom. The standard InChI is InChI=1S/C20H32O3/c1-19-11-9-16(21)18(23-3)15(19)5-4-12-13-6-7-17(22)20(13,2)10-8-14(12)19/h12-16,18,21H,4-11H2,1-3H3/t12-,13?,14-,15?,16?,18+,19+,20-/m1/s1. The first-order valence-corrected chi connectivity index (χ1v) is 9.66. The van der Waals surface area contributed by atoms with E-state index >= 15 is 0 Å². The highest BCUT2D eigenvalue weighted by Gasteiger charge is 2.61. The Labute approximate surface area is 140 Å². The Morgan fingerprint density at radius 3 is 2.52 bits per heavy atom. The molecular formula is C20H32O3. The van der Waals surface area contributed by atoms with Crippen molar-refractivity contribution in [3.8, 4) is 0 Å². The topological polar surface area (TPSA) is 46.5 Å². The predicted octanol–water partition coefficient (Wildman–Crippen LogP) is 3.58. The molecule has 0 aromatic carbocycles. The molecule has 1 N–H and O–H groups in total. The van der Waals surface area contributed by atoms with Gasteiger partial charge in [-0.1, -0.05) is 13.8 Å². The van der Waals surface area contributed by atoms with Crippen LogP contribution in [-0.2, 0) is 9.53 Å². The summed E-state index contributed by atoms with van der Waals surface area (Å²) in [5.74, 6) is 3.06. The maximum atomic E-state index is 12.5. The number of ketones is 1. The lowest BCUT2D eigenvalue weighted by Crippen LogP contribution is -2.58. The normalized spacial score (nSPS) is 55.9. The largest absolute Gasteiger partial charge is 0.390 e. The molecular weight excluding hydrogens is 288 g/mol. The van der Waals surface area contributed by atoms with Gasteiger partial charge in [0.05, 0.1) is 12.2 Å². The summed E-state index contributed by atoms with van der Waals surface area (Å²) in [5, 5.41) is 10.4. The molecule has 0 aliphatic heterocycles. The zero-order valence-electron chi connectivity index (χ0n) is 14.9. The Hall–Kier alpha value is -0.410. The molecule has 4 saturated carbocycles. The molecule has 3 heteroatoms. The fourth-order valence-electron chi connectivity index (χ4n) is 7.38. The molecule has 23 heavy (non-hydrogen) atoms. The van der Waals surface area contributed by atoms with Crippen LogP contribution in [0, 0.1) is 34.5 Å². The molecule has 0 aromatic rings. The lowest BCUT2D eigenvalue weighted by Gasteiger charge is -2.61. The molecule has 4 rings (SSSR count). The van der Waals surface area contributed by atoms with Crippen LogP contribution < -0.4 is 0 Å². The molecule has 0 heterocycles. The van der Waals surface area contributed by atoms with Crippen LogP contribution in [0.4, 0.5) is 0 Å². The Kier molecular flexibility index (Phi) is 3.70. The molecule has 0 spiro atoms. The summed E-state index contributed by atoms with van der Waals surface area (Å²) in [6.07, 6.45) is 8.30. The van der Waals surface area contributed by atoms with Gasteiger partial charge < -0.3 is 9.84 Å². The maximum Gasteiger partial charge on any atom is 0.139 e. The summed E-state index contributed by atoms with van der Waals surface area (Å²) in [6.45, 7) is 4.71. The number of hydrogen-bond donors (Lipinski definition) is 1. The molecule has 4 aliphatic carbocycles. The second-order valence-corrected chi connectivity index (χ2v) is 9.29. The average Bonchev–Trinajstić information content (AvgIpc) is 2.83. The van der Waals surface area contributed by atoms with Crippen molar-refractivity contribution in [2.24, 2.45) is 34.5 Å². The summed E-state index contributed by atoms with van der Waals surface area (Å²) in [4.78, 5) is 12.5. The van der Waals surface area contributed by atoms with Gasteiger partial charge in [-0.25, -0.2) is 0 Å². The van der Waals surface area contributed by atoms with Gasteiger partial charge in [0.25, 0.3) is 0 Å². The fourth-order valence-corrected chi connectivity index (χ4v) is 7.38. The lowest BCUT2D eigenvalue weighted by molar-refractivity contribution is -0.180. The number of fused-ring (bicyclic) bond motifs is 5. The first-order chi connectivity index (χ1) is 10.9.